The lowest BCUT2D eigenvalue weighted by atomic mass is 10.1. The van der Waals surface area contributed by atoms with Gasteiger partial charge in [-0.15, -0.1) is 0 Å². The van der Waals surface area contributed by atoms with Gasteiger partial charge in [0.25, 0.3) is 20.0 Å². The Balaban J connectivity index is 1.70. The summed E-state index contributed by atoms with van der Waals surface area (Å²) in [6, 6.07) is 21.8. The van der Waals surface area contributed by atoms with Crippen LogP contribution >= 0.6 is 0 Å². The number of sulfonamides is 2. The van der Waals surface area contributed by atoms with Crippen molar-refractivity contribution >= 4 is 47.9 Å². The van der Waals surface area contributed by atoms with E-state index in [-0.39, 0.29) is 9.79 Å². The van der Waals surface area contributed by atoms with Gasteiger partial charge in [0.2, 0.25) is 0 Å². The molecule has 0 aromatic heterocycles. The van der Waals surface area contributed by atoms with Gasteiger partial charge in [-0.3, -0.25) is 9.44 Å². The molecule has 0 aliphatic rings. The summed E-state index contributed by atoms with van der Waals surface area (Å²) in [4.78, 5) is 0.130. The van der Waals surface area contributed by atoms with Crippen LogP contribution in [0.2, 0.25) is 0 Å². The average molecular weight is 484 g/mol. The molecule has 0 atom stereocenters. The molecule has 10 heteroatoms. The third-order valence-corrected chi connectivity index (χ3v) is 7.74. The van der Waals surface area contributed by atoms with E-state index in [1.807, 2.05) is 0 Å². The number of methoxy groups -OCH3 is 1. The number of fused-ring (bicyclic) bond motifs is 1. The zero-order valence-corrected chi connectivity index (χ0v) is 19.2. The summed E-state index contributed by atoms with van der Waals surface area (Å²) in [6.07, 6.45) is 0. The van der Waals surface area contributed by atoms with Gasteiger partial charge in [-0.25, -0.2) is 16.8 Å². The van der Waals surface area contributed by atoms with Gasteiger partial charge in [0.1, 0.15) is 5.75 Å². The van der Waals surface area contributed by atoms with Gasteiger partial charge in [0.05, 0.1) is 28.3 Å². The minimum atomic E-state index is -3.88. The van der Waals surface area contributed by atoms with Crippen molar-refractivity contribution < 1.29 is 21.6 Å². The predicted molar refractivity (Wildman–Crippen MR) is 129 cm³/mol. The van der Waals surface area contributed by atoms with Crippen LogP contribution in [0.5, 0.6) is 5.75 Å². The number of nitrogen functional groups attached to an aromatic ring is 1. The highest BCUT2D eigenvalue weighted by molar-refractivity contribution is 7.93. The maximum Gasteiger partial charge on any atom is 0.261 e. The first-order valence-corrected chi connectivity index (χ1v) is 12.7. The average Bonchev–Trinajstić information content (AvgIpc) is 2.81. The third-order valence-electron chi connectivity index (χ3n) is 4.97. The second-order valence-corrected chi connectivity index (χ2v) is 10.5. The number of ether oxygens (including phenoxy) is 1. The third kappa shape index (κ3) is 4.71. The summed E-state index contributed by atoms with van der Waals surface area (Å²) in [5.74, 6) is 0.539. The van der Waals surface area contributed by atoms with Crippen LogP contribution in [0.25, 0.3) is 10.8 Å². The van der Waals surface area contributed by atoms with E-state index in [1.165, 1.54) is 55.6 Å². The molecule has 0 fully saturated rings. The highest BCUT2D eigenvalue weighted by atomic mass is 32.2. The molecule has 0 bridgehead atoms. The first-order chi connectivity index (χ1) is 15.7. The largest absolute Gasteiger partial charge is 0.497 e. The highest BCUT2D eigenvalue weighted by Gasteiger charge is 2.19. The molecule has 0 saturated heterocycles. The summed E-state index contributed by atoms with van der Waals surface area (Å²) in [5.41, 5.74) is 6.73. The number of nitrogens with one attached hydrogen (secondary N) is 2. The molecule has 0 unspecified atom stereocenters. The molecule has 4 N–H and O–H groups in total. The topological polar surface area (TPSA) is 128 Å². The summed E-state index contributed by atoms with van der Waals surface area (Å²) < 4.78 is 61.7. The molecule has 4 aromatic carbocycles. The molecule has 0 aliphatic carbocycles. The quantitative estimate of drug-likeness (QED) is 0.341. The SMILES string of the molecule is COc1ccc(S(=O)(=O)Nc2ccc(NS(=O)(=O)c3ccc(N)cc3)c3ccccc23)cc1. The van der Waals surface area contributed by atoms with Gasteiger partial charge in [0.15, 0.2) is 0 Å². The van der Waals surface area contributed by atoms with E-state index >= 15 is 0 Å². The van der Waals surface area contributed by atoms with Crippen LogP contribution in [0, 0.1) is 0 Å². The molecule has 0 spiro atoms. The molecule has 0 amide bonds. The van der Waals surface area contributed by atoms with Crippen LogP contribution in [0.15, 0.2) is 94.7 Å². The van der Waals surface area contributed by atoms with Crippen LogP contribution in [0.4, 0.5) is 17.1 Å². The second kappa shape index (κ2) is 8.64. The van der Waals surface area contributed by atoms with Crippen molar-refractivity contribution in [2.75, 3.05) is 22.3 Å². The maximum atomic E-state index is 12.9. The van der Waals surface area contributed by atoms with Crippen molar-refractivity contribution in [3.8, 4) is 5.75 Å². The zero-order chi connectivity index (χ0) is 23.6. The fourth-order valence-electron chi connectivity index (χ4n) is 3.29. The van der Waals surface area contributed by atoms with Crippen LogP contribution in [-0.4, -0.2) is 23.9 Å². The van der Waals surface area contributed by atoms with Crippen LogP contribution < -0.4 is 19.9 Å². The van der Waals surface area contributed by atoms with E-state index in [4.69, 9.17) is 10.5 Å². The Bertz CT molecular complexity index is 1520. The first-order valence-electron chi connectivity index (χ1n) is 9.76. The normalized spacial score (nSPS) is 11.8. The van der Waals surface area contributed by atoms with Gasteiger partial charge in [-0.05, 0) is 60.7 Å². The Kier molecular flexibility index (Phi) is 5.88. The highest BCUT2D eigenvalue weighted by Crippen LogP contribution is 2.33. The van der Waals surface area contributed by atoms with E-state index in [1.54, 1.807) is 36.4 Å². The monoisotopic (exact) mass is 483 g/mol. The van der Waals surface area contributed by atoms with Crippen molar-refractivity contribution in [3.05, 3.63) is 84.9 Å². The fraction of sp³-hybridized carbons (Fsp3) is 0.0435. The number of anilines is 3. The minimum absolute atomic E-state index is 0.0602. The van der Waals surface area contributed by atoms with Gasteiger partial charge in [0, 0.05) is 16.5 Å². The zero-order valence-electron chi connectivity index (χ0n) is 17.5. The van der Waals surface area contributed by atoms with Gasteiger partial charge >= 0.3 is 0 Å². The predicted octanol–water partition coefficient (Wildman–Crippen LogP) is 4.03. The lowest BCUT2D eigenvalue weighted by Gasteiger charge is -2.15. The van der Waals surface area contributed by atoms with Crippen LogP contribution in [-0.2, 0) is 20.0 Å². The molecule has 170 valence electrons. The summed E-state index contributed by atoms with van der Waals surface area (Å²) in [5, 5.41) is 1.07. The molecule has 0 radical (unpaired) electrons. The number of hydrogen-bond donors (Lipinski definition) is 3. The van der Waals surface area contributed by atoms with Crippen molar-refractivity contribution in [1.82, 2.24) is 0 Å². The van der Waals surface area contributed by atoms with E-state index in [9.17, 15) is 16.8 Å². The smallest absolute Gasteiger partial charge is 0.261 e. The Labute approximate surface area is 192 Å². The van der Waals surface area contributed by atoms with Crippen LogP contribution in [0.1, 0.15) is 0 Å². The number of nitrogens with two attached hydrogens (primary N) is 1. The van der Waals surface area contributed by atoms with Gasteiger partial charge in [-0.1, -0.05) is 24.3 Å². The number of hydrogen-bond acceptors (Lipinski definition) is 6. The summed E-state index contributed by atoms with van der Waals surface area (Å²) in [7, 11) is -6.26. The van der Waals surface area contributed by atoms with Gasteiger partial charge < -0.3 is 10.5 Å². The van der Waals surface area contributed by atoms with Crippen molar-refractivity contribution in [3.63, 3.8) is 0 Å². The molecule has 8 nitrogen and oxygen atoms in total. The van der Waals surface area contributed by atoms with E-state index in [2.05, 4.69) is 9.44 Å². The van der Waals surface area contributed by atoms with Crippen molar-refractivity contribution in [2.45, 2.75) is 9.79 Å². The van der Waals surface area contributed by atoms with E-state index < -0.39 is 20.0 Å². The standard InChI is InChI=1S/C23H21N3O5S2/c1-31-17-8-12-19(13-9-17)33(29,30)26-23-15-14-22(20-4-2-3-5-21(20)23)25-32(27,28)18-10-6-16(24)7-11-18/h2-15,25-26H,24H2,1H3. The Morgan fingerprint density at radius 2 is 1.06 bits per heavy atom. The molecule has 0 aliphatic heterocycles. The molecule has 0 saturated carbocycles. The molecule has 4 aromatic rings. The number of rotatable bonds is 7. The lowest BCUT2D eigenvalue weighted by molar-refractivity contribution is 0.414. The van der Waals surface area contributed by atoms with Crippen molar-refractivity contribution in [1.29, 1.82) is 0 Å². The maximum absolute atomic E-state index is 12.9. The lowest BCUT2D eigenvalue weighted by Crippen LogP contribution is -2.15. The minimum Gasteiger partial charge on any atom is -0.497 e. The van der Waals surface area contributed by atoms with Crippen LogP contribution in [0.3, 0.4) is 0 Å². The summed E-state index contributed by atoms with van der Waals surface area (Å²) in [6.45, 7) is 0. The molecular weight excluding hydrogens is 462 g/mol. The van der Waals surface area contributed by atoms with Gasteiger partial charge in [-0.2, -0.15) is 0 Å². The molecular formula is C23H21N3O5S2. The Morgan fingerprint density at radius 1 is 0.636 bits per heavy atom. The van der Waals surface area contributed by atoms with E-state index in [0.717, 1.165) is 0 Å². The Morgan fingerprint density at radius 3 is 1.48 bits per heavy atom. The molecule has 33 heavy (non-hydrogen) atoms. The summed E-state index contributed by atoms with van der Waals surface area (Å²) >= 11 is 0. The number of benzene rings is 4. The molecule has 0 heterocycles. The van der Waals surface area contributed by atoms with Crippen molar-refractivity contribution in [2.24, 2.45) is 0 Å². The van der Waals surface area contributed by atoms with E-state index in [0.29, 0.717) is 33.6 Å². The second-order valence-electron chi connectivity index (χ2n) is 7.16. The Hall–Kier alpha value is -3.76. The first kappa shape index (κ1) is 22.4. The molecule has 4 rings (SSSR count). The fourth-order valence-corrected chi connectivity index (χ4v) is 5.45.